The number of benzene rings is 3. The van der Waals surface area contributed by atoms with Crippen molar-refractivity contribution in [2.75, 3.05) is 10.6 Å². The van der Waals surface area contributed by atoms with Crippen LogP contribution in [0.1, 0.15) is 28.4 Å². The van der Waals surface area contributed by atoms with Crippen LogP contribution in [0.15, 0.2) is 79.3 Å². The number of halogens is 6. The van der Waals surface area contributed by atoms with Crippen LogP contribution in [-0.2, 0) is 6.54 Å². The van der Waals surface area contributed by atoms with Gasteiger partial charge in [0.1, 0.15) is 29.2 Å². The van der Waals surface area contributed by atoms with Crippen LogP contribution >= 0.6 is 11.6 Å². The van der Waals surface area contributed by atoms with Crippen molar-refractivity contribution in [3.8, 4) is 6.07 Å². The van der Waals surface area contributed by atoms with Crippen LogP contribution in [0.25, 0.3) is 10.9 Å². The zero-order valence-electron chi connectivity index (χ0n) is 22.7. The fourth-order valence-electron chi connectivity index (χ4n) is 4.71. The van der Waals surface area contributed by atoms with E-state index < -0.39 is 35.3 Å². The highest BCUT2D eigenvalue weighted by molar-refractivity contribution is 6.36. The lowest BCUT2D eigenvalue weighted by Crippen LogP contribution is -2.13. The second-order valence-electron chi connectivity index (χ2n) is 9.80. The molecule has 14 heteroatoms. The van der Waals surface area contributed by atoms with Crippen LogP contribution in [0.4, 0.5) is 39.0 Å². The summed E-state index contributed by atoms with van der Waals surface area (Å²) in [6, 6.07) is 14.5. The fourth-order valence-corrected chi connectivity index (χ4v) is 4.98. The van der Waals surface area contributed by atoms with Gasteiger partial charge in [-0.3, -0.25) is 4.98 Å². The monoisotopic (exact) mass is 632 g/mol. The molecule has 3 heterocycles. The molecule has 8 nitrogen and oxygen atoms in total. The highest BCUT2D eigenvalue weighted by atomic mass is 35.5. The second kappa shape index (κ2) is 12.2. The van der Waals surface area contributed by atoms with Gasteiger partial charge in [0.25, 0.3) is 0 Å². The number of hydrogen-bond acceptors (Lipinski definition) is 7. The van der Waals surface area contributed by atoms with Crippen LogP contribution in [0.3, 0.4) is 0 Å². The van der Waals surface area contributed by atoms with E-state index in [0.29, 0.717) is 27.8 Å². The van der Waals surface area contributed by atoms with Crippen molar-refractivity contribution in [3.63, 3.8) is 0 Å². The number of rotatable bonds is 8. The SMILES string of the molecule is N#Cc1cnc2c(Cl)cc(NC(c3ccc(F)cc3)c3cn(Cc4c(F)cccc4F)nn3)cc2c1Nc1cnc(F)c(F)c1. The quantitative estimate of drug-likeness (QED) is 0.133. The summed E-state index contributed by atoms with van der Waals surface area (Å²) < 4.78 is 71.0. The summed E-state index contributed by atoms with van der Waals surface area (Å²) in [7, 11) is 0. The molecule has 1 atom stereocenters. The molecule has 0 saturated carbocycles. The van der Waals surface area contributed by atoms with Crippen LogP contribution in [0, 0.1) is 40.5 Å². The summed E-state index contributed by atoms with van der Waals surface area (Å²) >= 11 is 6.61. The predicted octanol–water partition coefficient (Wildman–Crippen LogP) is 7.44. The predicted molar refractivity (Wildman–Crippen MR) is 156 cm³/mol. The smallest absolute Gasteiger partial charge is 0.249 e. The van der Waals surface area contributed by atoms with Crippen molar-refractivity contribution < 1.29 is 22.0 Å². The van der Waals surface area contributed by atoms with E-state index in [1.807, 2.05) is 6.07 Å². The molecule has 0 aliphatic heterocycles. The number of hydrogen-bond donors (Lipinski definition) is 2. The molecule has 0 aliphatic rings. The van der Waals surface area contributed by atoms with E-state index in [9.17, 15) is 27.2 Å². The van der Waals surface area contributed by atoms with E-state index in [4.69, 9.17) is 11.6 Å². The van der Waals surface area contributed by atoms with Gasteiger partial charge in [0.15, 0.2) is 5.82 Å². The maximum Gasteiger partial charge on any atom is 0.249 e. The molecule has 0 radical (unpaired) electrons. The minimum absolute atomic E-state index is 0.0690. The Hall–Kier alpha value is -5.61. The van der Waals surface area contributed by atoms with E-state index in [1.165, 1.54) is 47.4 Å². The maximum atomic E-state index is 14.3. The number of aromatic nitrogens is 5. The molecule has 6 aromatic rings. The molecule has 3 aromatic carbocycles. The van der Waals surface area contributed by atoms with Crippen LogP contribution in [0.5, 0.6) is 0 Å². The molecular weight excluding hydrogens is 615 g/mol. The molecule has 1 unspecified atom stereocenters. The van der Waals surface area contributed by atoms with Gasteiger partial charge in [-0.1, -0.05) is 35.0 Å². The first-order chi connectivity index (χ1) is 21.7. The Bertz CT molecular complexity index is 2080. The lowest BCUT2D eigenvalue weighted by Gasteiger charge is -2.20. The molecule has 0 spiro atoms. The number of pyridine rings is 2. The Kier molecular flexibility index (Phi) is 7.97. The first-order valence-corrected chi connectivity index (χ1v) is 13.5. The molecule has 0 saturated heterocycles. The van der Waals surface area contributed by atoms with Gasteiger partial charge in [0.2, 0.25) is 5.95 Å². The van der Waals surface area contributed by atoms with Gasteiger partial charge in [0, 0.05) is 28.9 Å². The van der Waals surface area contributed by atoms with Crippen LogP contribution in [-0.4, -0.2) is 25.0 Å². The average Bonchev–Trinajstić information content (AvgIpc) is 3.49. The summed E-state index contributed by atoms with van der Waals surface area (Å²) in [4.78, 5) is 7.66. The molecule has 45 heavy (non-hydrogen) atoms. The molecular formula is C31H18ClF5N8. The van der Waals surface area contributed by atoms with Crippen LogP contribution < -0.4 is 10.6 Å². The molecule has 6 rings (SSSR count). The molecule has 0 bridgehead atoms. The normalized spacial score (nSPS) is 11.8. The topological polar surface area (TPSA) is 104 Å². The van der Waals surface area contributed by atoms with Crippen molar-refractivity contribution >= 4 is 39.6 Å². The van der Waals surface area contributed by atoms with Crippen molar-refractivity contribution in [2.24, 2.45) is 0 Å². The highest BCUT2D eigenvalue weighted by Gasteiger charge is 2.21. The van der Waals surface area contributed by atoms with E-state index >= 15 is 0 Å². The number of nitrogens with zero attached hydrogens (tertiary/aromatic N) is 6. The Morgan fingerprint density at radius 1 is 0.889 bits per heavy atom. The van der Waals surface area contributed by atoms with Gasteiger partial charge in [-0.15, -0.1) is 5.10 Å². The Morgan fingerprint density at radius 3 is 2.36 bits per heavy atom. The summed E-state index contributed by atoms with van der Waals surface area (Å²) in [5, 5.41) is 24.7. The van der Waals surface area contributed by atoms with Gasteiger partial charge in [0.05, 0.1) is 52.5 Å². The van der Waals surface area contributed by atoms with Crippen LogP contribution in [0.2, 0.25) is 5.02 Å². The number of anilines is 3. The van der Waals surface area contributed by atoms with Gasteiger partial charge in [-0.05, 0) is 42.0 Å². The maximum absolute atomic E-state index is 14.3. The van der Waals surface area contributed by atoms with Crippen molar-refractivity contribution in [1.82, 2.24) is 25.0 Å². The van der Waals surface area contributed by atoms with E-state index in [1.54, 1.807) is 12.1 Å². The second-order valence-corrected chi connectivity index (χ2v) is 10.2. The van der Waals surface area contributed by atoms with Gasteiger partial charge in [-0.25, -0.2) is 27.2 Å². The third-order valence-electron chi connectivity index (χ3n) is 6.86. The van der Waals surface area contributed by atoms with Crippen molar-refractivity contribution in [3.05, 3.63) is 136 Å². The standard InChI is InChI=1S/C31H18ClF5N8/c32-23-9-19(8-21-28(17(11-38)12-39-30(21)23)42-20-10-26(36)31(37)40-13-20)41-29(16-4-6-18(33)7-5-16)27-15-45(44-43-27)14-22-24(34)2-1-3-25(22)35/h1-10,12-13,15,29,41H,14H2,(H,39,42). The van der Waals surface area contributed by atoms with Crippen molar-refractivity contribution in [2.45, 2.75) is 12.6 Å². The lowest BCUT2D eigenvalue weighted by molar-refractivity contribution is 0.480. The summed E-state index contributed by atoms with van der Waals surface area (Å²) in [6.07, 6.45) is 3.85. The third-order valence-corrected chi connectivity index (χ3v) is 7.15. The largest absolute Gasteiger partial charge is 0.373 e. The van der Waals surface area contributed by atoms with E-state index in [0.717, 1.165) is 24.4 Å². The Labute approximate surface area is 256 Å². The molecule has 0 amide bonds. The number of fused-ring (bicyclic) bond motifs is 1. The van der Waals surface area contributed by atoms with Gasteiger partial charge >= 0.3 is 0 Å². The molecule has 3 aromatic heterocycles. The first kappa shape index (κ1) is 29.5. The first-order valence-electron chi connectivity index (χ1n) is 13.2. The molecule has 2 N–H and O–H groups in total. The average molecular weight is 633 g/mol. The minimum Gasteiger partial charge on any atom is -0.373 e. The van der Waals surface area contributed by atoms with Gasteiger partial charge < -0.3 is 10.6 Å². The minimum atomic E-state index is -1.28. The summed E-state index contributed by atoms with van der Waals surface area (Å²) in [5.74, 6) is -4.41. The lowest BCUT2D eigenvalue weighted by atomic mass is 10.0. The Balaban J connectivity index is 1.41. The third kappa shape index (κ3) is 6.09. The summed E-state index contributed by atoms with van der Waals surface area (Å²) in [6.45, 7) is -0.236. The highest BCUT2D eigenvalue weighted by Crippen LogP contribution is 2.37. The molecule has 0 aliphatic carbocycles. The van der Waals surface area contributed by atoms with E-state index in [-0.39, 0.29) is 34.1 Å². The van der Waals surface area contributed by atoms with E-state index in [2.05, 4.69) is 30.9 Å². The zero-order valence-corrected chi connectivity index (χ0v) is 23.5. The summed E-state index contributed by atoms with van der Waals surface area (Å²) in [5.41, 5.74) is 1.75. The van der Waals surface area contributed by atoms with Crippen molar-refractivity contribution in [1.29, 1.82) is 5.26 Å². The van der Waals surface area contributed by atoms with Gasteiger partial charge in [-0.2, -0.15) is 9.65 Å². The number of nitrogens with one attached hydrogen (secondary N) is 2. The fraction of sp³-hybridized carbons (Fsp3) is 0.0645. The molecule has 0 fully saturated rings. The molecule has 224 valence electrons. The number of nitriles is 1. The zero-order chi connectivity index (χ0) is 31.7. The Morgan fingerprint density at radius 2 is 1.64 bits per heavy atom.